The molecule has 5 aromatic carbocycles. The van der Waals surface area contributed by atoms with Gasteiger partial charge in [-0.2, -0.15) is 9.05 Å². The second-order valence-electron chi connectivity index (χ2n) is 19.0. The lowest BCUT2D eigenvalue weighted by Gasteiger charge is -2.37. The molecule has 0 radical (unpaired) electrons. The summed E-state index contributed by atoms with van der Waals surface area (Å²) in [5, 5.41) is 2.79. The third-order valence-electron chi connectivity index (χ3n) is 13.5. The zero-order valence-electron chi connectivity index (χ0n) is 43.8. The SMILES string of the molecule is COc1ccc(C(OCC2OC(n3cc(C)c(=O)[nH]c3=O)CC2O[PH+](OCCOCCOCCNC(=O)OCC2c3ccccc3-c3ccccc32)N(C(C)C)C(C)C)(c2ccccc2)c2ccc(OC)cc2)cc1. The summed E-state index contributed by atoms with van der Waals surface area (Å²) in [6.07, 6.45) is -0.855. The first-order valence-corrected chi connectivity index (χ1v) is 26.8. The van der Waals surface area contributed by atoms with Crippen LogP contribution < -0.4 is 26.0 Å². The molecular formula is C58H70N4O12P+. The first-order valence-electron chi connectivity index (χ1n) is 25.6. The van der Waals surface area contributed by atoms with Crippen LogP contribution in [-0.2, 0) is 38.3 Å². The van der Waals surface area contributed by atoms with Gasteiger partial charge in [-0.3, -0.25) is 14.3 Å². The molecule has 1 aliphatic carbocycles. The molecule has 1 fully saturated rings. The number of aromatic amines is 1. The molecule has 1 aromatic heterocycles. The van der Waals surface area contributed by atoms with Gasteiger partial charge in [0.05, 0.1) is 47.3 Å². The number of aryl methyl sites for hydroxylation is 1. The van der Waals surface area contributed by atoms with E-state index in [1.54, 1.807) is 21.1 Å². The summed E-state index contributed by atoms with van der Waals surface area (Å²) in [6, 6.07) is 42.1. The summed E-state index contributed by atoms with van der Waals surface area (Å²) < 4.78 is 60.0. The van der Waals surface area contributed by atoms with E-state index in [-0.39, 0.29) is 64.0 Å². The molecule has 75 heavy (non-hydrogen) atoms. The molecule has 16 nitrogen and oxygen atoms in total. The van der Waals surface area contributed by atoms with Crippen molar-refractivity contribution in [3.05, 3.63) is 188 Å². The lowest BCUT2D eigenvalue weighted by atomic mass is 9.80. The second kappa shape index (κ2) is 26.0. The van der Waals surface area contributed by atoms with Gasteiger partial charge >= 0.3 is 20.3 Å². The highest BCUT2D eigenvalue weighted by Crippen LogP contribution is 2.51. The Kier molecular flexibility index (Phi) is 19.1. The van der Waals surface area contributed by atoms with Gasteiger partial charge in [0.1, 0.15) is 48.7 Å². The molecular weight excluding hydrogens is 976 g/mol. The van der Waals surface area contributed by atoms with Crippen LogP contribution in [-0.4, -0.2) is 112 Å². The van der Waals surface area contributed by atoms with Crippen LogP contribution in [0.25, 0.3) is 11.1 Å². The molecule has 1 aliphatic heterocycles. The Labute approximate surface area is 440 Å². The molecule has 4 unspecified atom stereocenters. The number of benzene rings is 5. The Hall–Kier alpha value is -6.20. The quantitative estimate of drug-likeness (QED) is 0.0300. The second-order valence-corrected chi connectivity index (χ2v) is 20.6. The number of H-pyrrole nitrogens is 1. The van der Waals surface area contributed by atoms with Crippen LogP contribution in [0.1, 0.15) is 79.6 Å². The van der Waals surface area contributed by atoms with E-state index >= 15 is 0 Å². The number of nitrogens with one attached hydrogen (secondary N) is 2. The van der Waals surface area contributed by atoms with Crippen LogP contribution in [0.2, 0.25) is 0 Å². The molecule has 0 spiro atoms. The predicted molar refractivity (Wildman–Crippen MR) is 289 cm³/mol. The van der Waals surface area contributed by atoms with Crippen molar-refractivity contribution < 1.29 is 47.0 Å². The van der Waals surface area contributed by atoms with Gasteiger partial charge in [-0.05, 0) is 97.8 Å². The number of carbonyl (C=O) groups is 1. The van der Waals surface area contributed by atoms with Crippen LogP contribution in [0.4, 0.5) is 4.79 Å². The fourth-order valence-electron chi connectivity index (χ4n) is 9.93. The van der Waals surface area contributed by atoms with Crippen LogP contribution >= 0.6 is 8.53 Å². The van der Waals surface area contributed by atoms with Crippen LogP contribution in [0.5, 0.6) is 11.5 Å². The van der Waals surface area contributed by atoms with Crippen molar-refractivity contribution in [2.24, 2.45) is 0 Å². The maximum absolute atomic E-state index is 13.4. The van der Waals surface area contributed by atoms with Gasteiger partial charge in [-0.15, -0.1) is 4.67 Å². The van der Waals surface area contributed by atoms with Crippen LogP contribution in [0, 0.1) is 6.92 Å². The fourth-order valence-corrected chi connectivity index (χ4v) is 11.9. The van der Waals surface area contributed by atoms with Gasteiger partial charge in [0.15, 0.2) is 0 Å². The number of aromatic nitrogens is 2. The number of ether oxygens (including phenoxy) is 7. The van der Waals surface area contributed by atoms with Gasteiger partial charge in [0.2, 0.25) is 0 Å². The van der Waals surface area contributed by atoms with Gasteiger partial charge in [0.25, 0.3) is 5.56 Å². The van der Waals surface area contributed by atoms with E-state index in [0.29, 0.717) is 30.3 Å². The Bertz CT molecular complexity index is 2800. The average molecular weight is 1050 g/mol. The number of alkyl carbamates (subject to hydrolysis) is 1. The topological polar surface area (TPSA) is 170 Å². The highest BCUT2D eigenvalue weighted by atomic mass is 31.2. The smallest absolute Gasteiger partial charge is 0.407 e. The van der Waals surface area contributed by atoms with Crippen molar-refractivity contribution in [3.63, 3.8) is 0 Å². The largest absolute Gasteiger partial charge is 0.497 e. The number of nitrogens with zero attached hydrogens (tertiary/aromatic N) is 2. The zero-order chi connectivity index (χ0) is 52.9. The van der Waals surface area contributed by atoms with E-state index in [1.807, 2.05) is 103 Å². The van der Waals surface area contributed by atoms with E-state index in [9.17, 15) is 14.4 Å². The molecule has 0 bridgehead atoms. The minimum Gasteiger partial charge on any atom is -0.497 e. The molecule has 398 valence electrons. The number of amides is 1. The zero-order valence-corrected chi connectivity index (χ0v) is 44.8. The van der Waals surface area contributed by atoms with Crippen molar-refractivity contribution in [2.75, 3.05) is 67.0 Å². The molecule has 2 N–H and O–H groups in total. The number of fused-ring (bicyclic) bond motifs is 3. The fraction of sp³-hybridized carbons (Fsp3) is 0.397. The molecule has 2 aliphatic rings. The summed E-state index contributed by atoms with van der Waals surface area (Å²) in [6.45, 7) is 12.0. The van der Waals surface area contributed by atoms with Crippen LogP contribution in [0.15, 0.2) is 143 Å². The van der Waals surface area contributed by atoms with E-state index in [0.717, 1.165) is 27.8 Å². The summed E-state index contributed by atoms with van der Waals surface area (Å²) in [5.41, 5.74) is 5.37. The maximum atomic E-state index is 13.4. The number of hydrogen-bond donors (Lipinski definition) is 2. The Morgan fingerprint density at radius 3 is 1.87 bits per heavy atom. The summed E-state index contributed by atoms with van der Waals surface area (Å²) >= 11 is 0. The summed E-state index contributed by atoms with van der Waals surface area (Å²) in [7, 11) is 1.02. The monoisotopic (exact) mass is 1050 g/mol. The van der Waals surface area contributed by atoms with E-state index in [4.69, 9.17) is 42.2 Å². The van der Waals surface area contributed by atoms with Gasteiger partial charge < -0.3 is 38.5 Å². The molecule has 2 heterocycles. The Morgan fingerprint density at radius 2 is 1.28 bits per heavy atom. The minimum absolute atomic E-state index is 0.0160. The van der Waals surface area contributed by atoms with Gasteiger partial charge in [0, 0.05) is 42.7 Å². The lowest BCUT2D eigenvalue weighted by Crippen LogP contribution is -2.39. The molecule has 8 rings (SSSR count). The van der Waals surface area contributed by atoms with E-state index < -0.39 is 49.9 Å². The standard InChI is InChI=1S/C58H69N4O12P/c1-39(2)62(40(3)4)75(72-34-33-69-32-31-68-30-29-59-57(65)70-37-51-49-19-13-11-17-47(49)48-18-12-14-20-50(48)51)74-52-35-54(61-36-41(5)55(63)60-56(61)64)73-53(52)38-71-58(42-15-9-8-10-16-42,43-21-25-45(66-6)26-22-43)44-23-27-46(67-7)28-24-44/h8-28,36,39-40,51-54H,29-35,37-38H2,1-7H3,(H,59,65)(H,60,63,64)/p+1. The average Bonchev–Trinajstić information content (AvgIpc) is 3.97. The van der Waals surface area contributed by atoms with Crippen molar-refractivity contribution in [3.8, 4) is 22.6 Å². The first kappa shape index (κ1) is 55.0. The lowest BCUT2D eigenvalue weighted by molar-refractivity contribution is -0.0927. The van der Waals surface area contributed by atoms with Crippen LogP contribution in [0.3, 0.4) is 0 Å². The van der Waals surface area contributed by atoms with Gasteiger partial charge in [-0.25, -0.2) is 9.59 Å². The molecule has 6 aromatic rings. The van der Waals surface area contributed by atoms with Crippen molar-refractivity contribution in [1.82, 2.24) is 19.5 Å². The number of rotatable bonds is 26. The Balaban J connectivity index is 0.915. The normalized spacial score (nSPS) is 16.8. The maximum Gasteiger partial charge on any atom is 0.407 e. The minimum atomic E-state index is -2.24. The molecule has 0 saturated carbocycles. The van der Waals surface area contributed by atoms with Crippen molar-refractivity contribution in [2.45, 2.75) is 83.1 Å². The molecule has 17 heteroatoms. The number of carbonyl (C=O) groups excluding carboxylic acids is 1. The first-order chi connectivity index (χ1) is 36.4. The van der Waals surface area contributed by atoms with E-state index in [1.165, 1.54) is 21.9 Å². The van der Waals surface area contributed by atoms with Crippen molar-refractivity contribution in [1.29, 1.82) is 0 Å². The third-order valence-corrected chi connectivity index (χ3v) is 15.9. The molecule has 4 atom stereocenters. The predicted octanol–water partition coefficient (Wildman–Crippen LogP) is 9.21. The molecule has 1 saturated heterocycles. The number of hydrogen-bond acceptors (Lipinski definition) is 13. The number of methoxy groups -OCH3 is 2. The van der Waals surface area contributed by atoms with Gasteiger partial charge in [-0.1, -0.05) is 103 Å². The summed E-state index contributed by atoms with van der Waals surface area (Å²) in [5.74, 6) is 1.37. The third kappa shape index (κ3) is 13.1. The Morgan fingerprint density at radius 1 is 0.733 bits per heavy atom. The highest BCUT2D eigenvalue weighted by Gasteiger charge is 2.47. The van der Waals surface area contributed by atoms with E-state index in [2.05, 4.69) is 66.9 Å². The highest BCUT2D eigenvalue weighted by molar-refractivity contribution is 7.44. The van der Waals surface area contributed by atoms with Crippen molar-refractivity contribution >= 4 is 14.6 Å². The molecule has 1 amide bonds. The summed E-state index contributed by atoms with van der Waals surface area (Å²) in [4.78, 5) is 41.0.